The Morgan fingerprint density at radius 2 is 0.904 bits per heavy atom. The zero-order chi connectivity index (χ0) is 34.4. The van der Waals surface area contributed by atoms with Crippen molar-refractivity contribution in [3.63, 3.8) is 0 Å². The van der Waals surface area contributed by atoms with Crippen molar-refractivity contribution >= 4 is 27.3 Å². The van der Waals surface area contributed by atoms with Gasteiger partial charge in [0, 0.05) is 44.9 Å². The van der Waals surface area contributed by atoms with Gasteiger partial charge < -0.3 is 8.97 Å². The van der Waals surface area contributed by atoms with Crippen molar-refractivity contribution in [3.8, 4) is 62.2 Å². The quantitative estimate of drug-likeness (QED) is 0.178. The Morgan fingerprint density at radius 3 is 1.54 bits per heavy atom. The summed E-state index contributed by atoms with van der Waals surface area (Å²) in [5.41, 5.74) is 12.0. The molecule has 4 heterocycles. The molecule has 0 bridgehead atoms. The highest BCUT2D eigenvalue weighted by Crippen LogP contribution is 2.43. The molecule has 0 aliphatic rings. The molecule has 0 aliphatic carbocycles. The summed E-state index contributed by atoms with van der Waals surface area (Å²) in [4.78, 5) is 15.0. The summed E-state index contributed by atoms with van der Waals surface area (Å²) >= 11 is 0. The normalized spacial score (nSPS) is 11.5. The molecule has 0 radical (unpaired) electrons. The zero-order valence-electron chi connectivity index (χ0n) is 28.1. The molecule has 6 aromatic carbocycles. The van der Waals surface area contributed by atoms with Crippen LogP contribution in [0.15, 0.2) is 188 Å². The van der Waals surface area contributed by atoms with Gasteiger partial charge in [0.25, 0.3) is 0 Å². The lowest BCUT2D eigenvalue weighted by Gasteiger charge is -2.13. The number of pyridine rings is 1. The number of hydrogen-bond acceptors (Lipinski definition) is 3. The highest BCUT2D eigenvalue weighted by molar-refractivity contribution is 6.21. The summed E-state index contributed by atoms with van der Waals surface area (Å²) in [7, 11) is 0. The lowest BCUT2D eigenvalue weighted by Crippen LogP contribution is -2.01. The molecule has 4 aromatic heterocycles. The minimum absolute atomic E-state index is 0.624. The Balaban J connectivity index is 1.25. The highest BCUT2D eigenvalue weighted by Gasteiger charge is 2.23. The van der Waals surface area contributed by atoms with E-state index < -0.39 is 0 Å². The zero-order valence-corrected chi connectivity index (χ0v) is 28.1. The standard InChI is InChI=1S/C47H31N5/c1-5-16-32(17-6-1)36-27-28-40-39(31-36)42-41-26-13-14-29-51(41)43(33-18-7-2-8-19-33)44(42)52(40)38-25-15-24-37(30-38)47-49-45(34-20-9-3-10-21-34)48-46(50-47)35-22-11-4-12-23-35/h1-31H. The van der Waals surface area contributed by atoms with Crippen LogP contribution in [0, 0.1) is 0 Å². The smallest absolute Gasteiger partial charge is 0.164 e. The summed E-state index contributed by atoms with van der Waals surface area (Å²) in [6.45, 7) is 0. The third-order valence-corrected chi connectivity index (χ3v) is 9.76. The van der Waals surface area contributed by atoms with Crippen molar-refractivity contribution in [2.24, 2.45) is 0 Å². The lowest BCUT2D eigenvalue weighted by atomic mass is 10.0. The third kappa shape index (κ3) is 4.98. The topological polar surface area (TPSA) is 48.0 Å². The molecule has 0 N–H and O–H groups in total. The van der Waals surface area contributed by atoms with Gasteiger partial charge in [0.05, 0.1) is 22.2 Å². The fourth-order valence-corrected chi connectivity index (χ4v) is 7.40. The average Bonchev–Trinajstić information content (AvgIpc) is 3.74. The summed E-state index contributed by atoms with van der Waals surface area (Å²) < 4.78 is 4.74. The van der Waals surface area contributed by atoms with E-state index in [1.54, 1.807) is 0 Å². The van der Waals surface area contributed by atoms with Gasteiger partial charge in [-0.1, -0.05) is 146 Å². The van der Waals surface area contributed by atoms with E-state index in [0.717, 1.165) is 44.7 Å². The summed E-state index contributed by atoms with van der Waals surface area (Å²) in [5.74, 6) is 1.91. The Bertz CT molecular complexity index is 2820. The van der Waals surface area contributed by atoms with Crippen LogP contribution < -0.4 is 0 Å². The number of fused-ring (bicyclic) bond motifs is 5. The number of nitrogens with zero attached hydrogens (tertiary/aromatic N) is 5. The largest absolute Gasteiger partial charge is 0.314 e. The van der Waals surface area contributed by atoms with Crippen LogP contribution >= 0.6 is 0 Å². The predicted octanol–water partition coefficient (Wildman–Crippen LogP) is 11.6. The van der Waals surface area contributed by atoms with E-state index in [-0.39, 0.29) is 0 Å². The first kappa shape index (κ1) is 29.8. The number of aromatic nitrogens is 5. The van der Waals surface area contributed by atoms with E-state index in [1.807, 2.05) is 60.7 Å². The van der Waals surface area contributed by atoms with Gasteiger partial charge in [0.15, 0.2) is 17.5 Å². The molecule has 0 amide bonds. The monoisotopic (exact) mass is 665 g/mol. The van der Waals surface area contributed by atoms with Crippen LogP contribution in [0.5, 0.6) is 0 Å². The van der Waals surface area contributed by atoms with Gasteiger partial charge in [0.1, 0.15) is 0 Å². The van der Waals surface area contributed by atoms with Crippen LogP contribution in [0.4, 0.5) is 0 Å². The van der Waals surface area contributed by atoms with Crippen LogP contribution in [0.25, 0.3) is 89.6 Å². The van der Waals surface area contributed by atoms with Gasteiger partial charge in [-0.3, -0.25) is 0 Å². The van der Waals surface area contributed by atoms with E-state index >= 15 is 0 Å². The van der Waals surface area contributed by atoms with Gasteiger partial charge in [-0.05, 0) is 47.5 Å². The van der Waals surface area contributed by atoms with Crippen LogP contribution in [-0.4, -0.2) is 23.9 Å². The fourth-order valence-electron chi connectivity index (χ4n) is 7.40. The van der Waals surface area contributed by atoms with Crippen molar-refractivity contribution in [1.82, 2.24) is 23.9 Å². The molecular weight excluding hydrogens is 635 g/mol. The number of benzene rings is 6. The molecule has 244 valence electrons. The number of hydrogen-bond donors (Lipinski definition) is 0. The van der Waals surface area contributed by atoms with Crippen molar-refractivity contribution in [2.75, 3.05) is 0 Å². The Labute approximate surface area is 300 Å². The highest BCUT2D eigenvalue weighted by atomic mass is 15.0. The maximum Gasteiger partial charge on any atom is 0.164 e. The van der Waals surface area contributed by atoms with Crippen molar-refractivity contribution in [3.05, 3.63) is 188 Å². The Kier molecular flexibility index (Phi) is 7.07. The first-order valence-electron chi connectivity index (χ1n) is 17.5. The first-order chi connectivity index (χ1) is 25.8. The molecule has 0 spiro atoms. The molecule has 0 aliphatic heterocycles. The van der Waals surface area contributed by atoms with E-state index in [1.165, 1.54) is 27.4 Å². The Hall–Kier alpha value is -7.11. The van der Waals surface area contributed by atoms with E-state index in [4.69, 9.17) is 15.0 Å². The molecule has 5 heteroatoms. The fraction of sp³-hybridized carbons (Fsp3) is 0. The van der Waals surface area contributed by atoms with Crippen LogP contribution in [0.2, 0.25) is 0 Å². The summed E-state index contributed by atoms with van der Waals surface area (Å²) in [6.07, 6.45) is 2.17. The maximum atomic E-state index is 5.06. The molecule has 0 unspecified atom stereocenters. The molecular formula is C47H31N5. The number of rotatable bonds is 6. The van der Waals surface area contributed by atoms with E-state index in [2.05, 4.69) is 136 Å². The molecule has 0 fully saturated rings. The van der Waals surface area contributed by atoms with Gasteiger partial charge >= 0.3 is 0 Å². The van der Waals surface area contributed by atoms with Gasteiger partial charge in [0.2, 0.25) is 0 Å². The average molecular weight is 666 g/mol. The first-order valence-corrected chi connectivity index (χ1v) is 17.5. The SMILES string of the molecule is c1ccc(-c2ccc3c(c2)c2c(c(-c4ccccc4)n4ccccc24)n3-c2cccc(-c3nc(-c4ccccc4)nc(-c4ccccc4)n3)c2)cc1. The molecule has 0 atom stereocenters. The summed E-state index contributed by atoms with van der Waals surface area (Å²) in [5, 5.41) is 2.42. The van der Waals surface area contributed by atoms with Gasteiger partial charge in [-0.25, -0.2) is 15.0 Å². The van der Waals surface area contributed by atoms with E-state index in [9.17, 15) is 0 Å². The van der Waals surface area contributed by atoms with Crippen LogP contribution in [0.3, 0.4) is 0 Å². The molecule has 10 rings (SSSR count). The lowest BCUT2D eigenvalue weighted by molar-refractivity contribution is 1.07. The summed E-state index contributed by atoms with van der Waals surface area (Å²) in [6, 6.07) is 63.4. The molecule has 0 saturated heterocycles. The Morgan fingerprint density at radius 1 is 0.365 bits per heavy atom. The molecule has 10 aromatic rings. The minimum Gasteiger partial charge on any atom is -0.314 e. The predicted molar refractivity (Wildman–Crippen MR) is 212 cm³/mol. The van der Waals surface area contributed by atoms with Crippen molar-refractivity contribution in [1.29, 1.82) is 0 Å². The van der Waals surface area contributed by atoms with Crippen LogP contribution in [-0.2, 0) is 0 Å². The molecule has 0 saturated carbocycles. The van der Waals surface area contributed by atoms with Crippen molar-refractivity contribution in [2.45, 2.75) is 0 Å². The second-order valence-corrected chi connectivity index (χ2v) is 12.9. The van der Waals surface area contributed by atoms with Crippen molar-refractivity contribution < 1.29 is 0 Å². The van der Waals surface area contributed by atoms with Crippen LogP contribution in [0.1, 0.15) is 0 Å². The maximum absolute atomic E-state index is 5.06. The van der Waals surface area contributed by atoms with Gasteiger partial charge in [-0.15, -0.1) is 0 Å². The third-order valence-electron chi connectivity index (χ3n) is 9.76. The second-order valence-electron chi connectivity index (χ2n) is 12.9. The molecule has 52 heavy (non-hydrogen) atoms. The molecule has 5 nitrogen and oxygen atoms in total. The minimum atomic E-state index is 0.624. The van der Waals surface area contributed by atoms with E-state index in [0.29, 0.717) is 17.5 Å². The second kappa shape index (κ2) is 12.3. The van der Waals surface area contributed by atoms with Gasteiger partial charge in [-0.2, -0.15) is 0 Å².